The van der Waals surface area contributed by atoms with E-state index in [1.807, 2.05) is 0 Å². The first kappa shape index (κ1) is 68.8. The van der Waals surface area contributed by atoms with Crippen LogP contribution in [0.25, 0.3) is 0 Å². The van der Waals surface area contributed by atoms with Gasteiger partial charge < -0.3 is 14.2 Å². The monoisotopic (exact) mass is 1000 g/mol. The Labute approximate surface area is 446 Å². The van der Waals surface area contributed by atoms with Crippen molar-refractivity contribution < 1.29 is 28.6 Å². The van der Waals surface area contributed by atoms with Crippen molar-refractivity contribution in [2.45, 2.75) is 316 Å². The van der Waals surface area contributed by atoms with Gasteiger partial charge in [0.2, 0.25) is 0 Å². The molecule has 0 aromatic rings. The Morgan fingerprint density at radius 2 is 0.542 bits per heavy atom. The van der Waals surface area contributed by atoms with Crippen LogP contribution in [0.2, 0.25) is 0 Å². The van der Waals surface area contributed by atoms with Crippen molar-refractivity contribution in [1.29, 1.82) is 0 Å². The molecule has 0 amide bonds. The lowest BCUT2D eigenvalue weighted by Crippen LogP contribution is -2.30. The summed E-state index contributed by atoms with van der Waals surface area (Å²) >= 11 is 0. The summed E-state index contributed by atoms with van der Waals surface area (Å²) < 4.78 is 16.9. The van der Waals surface area contributed by atoms with Gasteiger partial charge in [-0.3, -0.25) is 14.4 Å². The van der Waals surface area contributed by atoms with Crippen LogP contribution in [-0.2, 0) is 28.6 Å². The van der Waals surface area contributed by atoms with E-state index in [9.17, 15) is 14.4 Å². The molecule has 0 fully saturated rings. The molecular weight excluding hydrogens is 889 g/mol. The van der Waals surface area contributed by atoms with Crippen LogP contribution >= 0.6 is 0 Å². The Balaban J connectivity index is 4.36. The number of carbonyl (C=O) groups is 3. The third-order valence-electron chi connectivity index (χ3n) is 13.4. The van der Waals surface area contributed by atoms with Gasteiger partial charge >= 0.3 is 17.9 Å². The molecule has 6 nitrogen and oxygen atoms in total. The summed E-state index contributed by atoms with van der Waals surface area (Å²) in [5.41, 5.74) is 0. The number of hydrogen-bond donors (Lipinski definition) is 0. The number of rotatable bonds is 56. The van der Waals surface area contributed by atoms with Gasteiger partial charge in [0.25, 0.3) is 0 Å². The number of unbranched alkanes of at least 4 members (excludes halogenated alkanes) is 33. The molecule has 0 radical (unpaired) electrons. The Morgan fingerprint density at radius 1 is 0.292 bits per heavy atom. The minimum Gasteiger partial charge on any atom is -0.462 e. The second-order valence-electron chi connectivity index (χ2n) is 20.6. The minimum absolute atomic E-state index is 0.0804. The van der Waals surface area contributed by atoms with Crippen molar-refractivity contribution in [3.05, 3.63) is 72.9 Å². The molecule has 0 aliphatic carbocycles. The molecule has 0 bridgehead atoms. The normalized spacial score (nSPS) is 12.5. The minimum atomic E-state index is -0.782. The molecule has 0 aliphatic heterocycles. The van der Waals surface area contributed by atoms with E-state index in [1.54, 1.807) is 0 Å². The van der Waals surface area contributed by atoms with Crippen LogP contribution in [0, 0.1) is 0 Å². The second-order valence-corrected chi connectivity index (χ2v) is 20.6. The Bertz CT molecular complexity index is 1340. The molecule has 0 aliphatic rings. The lowest BCUT2D eigenvalue weighted by Gasteiger charge is -2.18. The van der Waals surface area contributed by atoms with Crippen LogP contribution in [0.3, 0.4) is 0 Å². The maximum atomic E-state index is 12.9. The average molecular weight is 1010 g/mol. The van der Waals surface area contributed by atoms with E-state index in [0.29, 0.717) is 19.3 Å². The third kappa shape index (κ3) is 57.7. The number of esters is 3. The predicted molar refractivity (Wildman–Crippen MR) is 311 cm³/mol. The Kier molecular flexibility index (Phi) is 57.8. The van der Waals surface area contributed by atoms with Crippen LogP contribution in [0.4, 0.5) is 0 Å². The van der Waals surface area contributed by atoms with E-state index in [0.717, 1.165) is 103 Å². The molecule has 0 N–H and O–H groups in total. The zero-order valence-corrected chi connectivity index (χ0v) is 47.7. The summed E-state index contributed by atoms with van der Waals surface area (Å²) in [6.07, 6.45) is 77.5. The van der Waals surface area contributed by atoms with Crippen LogP contribution in [0.5, 0.6) is 0 Å². The zero-order chi connectivity index (χ0) is 52.2. The molecule has 0 heterocycles. The van der Waals surface area contributed by atoms with E-state index in [1.165, 1.54) is 167 Å². The summed E-state index contributed by atoms with van der Waals surface area (Å²) in [4.78, 5) is 38.3. The molecule has 0 rings (SSSR count). The van der Waals surface area contributed by atoms with Gasteiger partial charge in [0.05, 0.1) is 0 Å². The standard InChI is InChI=1S/C66H116O6/c1-4-7-10-13-16-19-22-25-28-30-31-32-33-34-35-37-38-41-44-47-50-53-56-59-65(68)71-62-63(61-70-64(67)58-55-52-49-46-43-40-27-24-21-18-15-12-9-6-3)72-66(69)60-57-54-51-48-45-42-39-36-29-26-23-20-17-14-11-8-5-2/h7,10,16,19,24-25,27-28,31-32,34-35,63H,4-6,8-9,11-15,17-18,20-23,26,29-30,33,36-62H2,1-3H3/b10-7-,19-16-,27-24-,28-25-,32-31-,35-34-. The van der Waals surface area contributed by atoms with Crippen molar-refractivity contribution in [3.63, 3.8) is 0 Å². The molecule has 0 spiro atoms. The van der Waals surface area contributed by atoms with Crippen molar-refractivity contribution in [2.75, 3.05) is 13.2 Å². The first-order valence-electron chi connectivity index (χ1n) is 30.9. The third-order valence-corrected chi connectivity index (χ3v) is 13.4. The fourth-order valence-electron chi connectivity index (χ4n) is 8.82. The topological polar surface area (TPSA) is 78.9 Å². The molecule has 0 saturated carbocycles. The van der Waals surface area contributed by atoms with Crippen LogP contribution in [0.15, 0.2) is 72.9 Å². The van der Waals surface area contributed by atoms with Gasteiger partial charge in [0, 0.05) is 19.3 Å². The lowest BCUT2D eigenvalue weighted by molar-refractivity contribution is -0.167. The Morgan fingerprint density at radius 3 is 0.861 bits per heavy atom. The summed E-state index contributed by atoms with van der Waals surface area (Å²) in [5, 5.41) is 0. The highest BCUT2D eigenvalue weighted by Gasteiger charge is 2.19. The van der Waals surface area contributed by atoms with Crippen LogP contribution in [0.1, 0.15) is 310 Å². The number of allylic oxidation sites excluding steroid dienone is 12. The maximum Gasteiger partial charge on any atom is 0.306 e. The number of carbonyl (C=O) groups excluding carboxylic acids is 3. The van der Waals surface area contributed by atoms with E-state index in [2.05, 4.69) is 93.7 Å². The molecule has 72 heavy (non-hydrogen) atoms. The molecule has 1 atom stereocenters. The molecule has 0 aromatic heterocycles. The highest BCUT2D eigenvalue weighted by Crippen LogP contribution is 2.16. The number of ether oxygens (including phenoxy) is 3. The fourth-order valence-corrected chi connectivity index (χ4v) is 8.82. The van der Waals surface area contributed by atoms with Gasteiger partial charge in [-0.2, -0.15) is 0 Å². The SMILES string of the molecule is CC/C=C\C/C=C\C/C=C\C/C=C\C/C=C\CCCCCCCCCC(=O)OCC(COC(=O)CCCCCCC/C=C\CCCCCCC)OC(=O)CCCCCCCCCCCCCCCCCCC. The Hall–Kier alpha value is -3.15. The summed E-state index contributed by atoms with van der Waals surface area (Å²) in [7, 11) is 0. The quantitative estimate of drug-likeness (QED) is 0.0261. The molecule has 416 valence electrons. The zero-order valence-electron chi connectivity index (χ0n) is 47.7. The molecular formula is C66H116O6. The molecule has 0 saturated heterocycles. The predicted octanol–water partition coefficient (Wildman–Crippen LogP) is 20.9. The van der Waals surface area contributed by atoms with E-state index in [4.69, 9.17) is 14.2 Å². The van der Waals surface area contributed by atoms with Crippen LogP contribution < -0.4 is 0 Å². The lowest BCUT2D eigenvalue weighted by atomic mass is 10.0. The summed E-state index contributed by atoms with van der Waals surface area (Å²) in [6, 6.07) is 0. The summed E-state index contributed by atoms with van der Waals surface area (Å²) in [5.74, 6) is -0.884. The first-order chi connectivity index (χ1) is 35.5. The largest absolute Gasteiger partial charge is 0.462 e. The number of hydrogen-bond acceptors (Lipinski definition) is 6. The molecule has 1 unspecified atom stereocenters. The van der Waals surface area contributed by atoms with Gasteiger partial charge in [-0.1, -0.05) is 273 Å². The van der Waals surface area contributed by atoms with Crippen molar-refractivity contribution in [3.8, 4) is 0 Å². The van der Waals surface area contributed by atoms with E-state index in [-0.39, 0.29) is 31.1 Å². The summed E-state index contributed by atoms with van der Waals surface area (Å²) in [6.45, 7) is 6.54. The van der Waals surface area contributed by atoms with Crippen molar-refractivity contribution in [2.24, 2.45) is 0 Å². The van der Waals surface area contributed by atoms with Gasteiger partial charge in [-0.15, -0.1) is 0 Å². The van der Waals surface area contributed by atoms with Gasteiger partial charge in [-0.25, -0.2) is 0 Å². The van der Waals surface area contributed by atoms with Crippen molar-refractivity contribution in [1.82, 2.24) is 0 Å². The first-order valence-corrected chi connectivity index (χ1v) is 30.9. The second kappa shape index (κ2) is 60.4. The maximum absolute atomic E-state index is 12.9. The van der Waals surface area contributed by atoms with Crippen LogP contribution in [-0.4, -0.2) is 37.2 Å². The fraction of sp³-hybridized carbons (Fsp3) is 0.773. The van der Waals surface area contributed by atoms with Gasteiger partial charge in [0.15, 0.2) is 6.10 Å². The molecule has 6 heteroatoms. The molecule has 0 aromatic carbocycles. The van der Waals surface area contributed by atoms with Gasteiger partial charge in [-0.05, 0) is 89.9 Å². The van der Waals surface area contributed by atoms with E-state index >= 15 is 0 Å². The smallest absolute Gasteiger partial charge is 0.306 e. The average Bonchev–Trinajstić information content (AvgIpc) is 3.38. The van der Waals surface area contributed by atoms with Gasteiger partial charge in [0.1, 0.15) is 13.2 Å². The van der Waals surface area contributed by atoms with E-state index < -0.39 is 6.10 Å². The van der Waals surface area contributed by atoms with Crippen molar-refractivity contribution >= 4 is 17.9 Å². The highest BCUT2D eigenvalue weighted by molar-refractivity contribution is 5.71. The highest BCUT2D eigenvalue weighted by atomic mass is 16.6.